The van der Waals surface area contributed by atoms with Gasteiger partial charge in [0.1, 0.15) is 18.0 Å². The molecule has 0 spiro atoms. The molecule has 1 N–H and O–H groups in total. The molecule has 23 heavy (non-hydrogen) atoms. The van der Waals surface area contributed by atoms with Gasteiger partial charge in [-0.05, 0) is 25.5 Å². The van der Waals surface area contributed by atoms with Crippen LogP contribution in [0.15, 0.2) is 24.3 Å². The van der Waals surface area contributed by atoms with Crippen LogP contribution in [-0.2, 0) is 14.3 Å². The van der Waals surface area contributed by atoms with Crippen LogP contribution in [0.1, 0.15) is 35.1 Å². The van der Waals surface area contributed by atoms with Crippen molar-refractivity contribution in [1.29, 1.82) is 0 Å². The first-order valence-corrected chi connectivity index (χ1v) is 8.18. The minimum absolute atomic E-state index is 0.137. The molecule has 0 saturated carbocycles. The monoisotopic (exact) mass is 334 g/mol. The maximum absolute atomic E-state index is 12.7. The number of ether oxygens (including phenoxy) is 1. The van der Waals surface area contributed by atoms with E-state index in [0.717, 1.165) is 5.56 Å². The molecule has 2 unspecified atom stereocenters. The van der Waals surface area contributed by atoms with E-state index in [2.05, 4.69) is 10.1 Å². The summed E-state index contributed by atoms with van der Waals surface area (Å²) in [6.07, 6.45) is 0. The molecule has 0 aliphatic carbocycles. The Morgan fingerprint density at radius 1 is 1.35 bits per heavy atom. The fraction of sp³-hybridized carbons (Fsp3) is 0.438. The van der Waals surface area contributed by atoms with Gasteiger partial charge in [-0.15, -0.1) is 11.8 Å². The van der Waals surface area contributed by atoms with Crippen LogP contribution in [0.25, 0.3) is 0 Å². The molecule has 1 saturated heterocycles. The normalized spacial score (nSPS) is 24.1. The summed E-state index contributed by atoms with van der Waals surface area (Å²) in [6.45, 7) is 3.68. The molecule has 2 aliphatic rings. The molecular weight excluding hydrogens is 316 g/mol. The summed E-state index contributed by atoms with van der Waals surface area (Å²) in [7, 11) is 1.26. The molecule has 2 heterocycles. The lowest BCUT2D eigenvalue weighted by Gasteiger charge is -2.29. The summed E-state index contributed by atoms with van der Waals surface area (Å²) >= 11 is 1.59. The Morgan fingerprint density at radius 2 is 2.04 bits per heavy atom. The zero-order chi connectivity index (χ0) is 16.8. The lowest BCUT2D eigenvalue weighted by atomic mass is 10.0. The minimum atomic E-state index is -0.637. The maximum atomic E-state index is 12.7. The predicted octanol–water partition coefficient (Wildman–Crippen LogP) is 1.32. The fourth-order valence-corrected chi connectivity index (χ4v) is 4.72. The van der Waals surface area contributed by atoms with Crippen molar-refractivity contribution >= 4 is 29.5 Å². The number of fused-ring (bicyclic) bond motifs is 3. The topological polar surface area (TPSA) is 75.7 Å². The van der Waals surface area contributed by atoms with Gasteiger partial charge in [-0.2, -0.15) is 0 Å². The van der Waals surface area contributed by atoms with E-state index in [1.54, 1.807) is 22.7 Å². The second-order valence-electron chi connectivity index (χ2n) is 6.07. The van der Waals surface area contributed by atoms with Crippen molar-refractivity contribution < 1.29 is 19.1 Å². The van der Waals surface area contributed by atoms with Crippen molar-refractivity contribution in [3.05, 3.63) is 35.4 Å². The molecule has 2 atom stereocenters. The van der Waals surface area contributed by atoms with Crippen molar-refractivity contribution in [3.8, 4) is 0 Å². The first-order chi connectivity index (χ1) is 10.9. The Hall–Kier alpha value is -2.02. The van der Waals surface area contributed by atoms with Gasteiger partial charge in [0.15, 0.2) is 0 Å². The molecule has 7 heteroatoms. The van der Waals surface area contributed by atoms with Gasteiger partial charge in [0, 0.05) is 10.3 Å². The summed E-state index contributed by atoms with van der Waals surface area (Å²) in [5, 5.41) is 2.41. The Labute approximate surface area is 138 Å². The molecule has 1 aromatic rings. The van der Waals surface area contributed by atoms with Crippen LogP contribution in [-0.4, -0.2) is 47.1 Å². The van der Waals surface area contributed by atoms with Crippen LogP contribution < -0.4 is 5.32 Å². The smallest absolute Gasteiger partial charge is 0.325 e. The highest BCUT2D eigenvalue weighted by atomic mass is 32.2. The highest BCUT2D eigenvalue weighted by Crippen LogP contribution is 2.56. The average Bonchev–Trinajstić information content (AvgIpc) is 2.95. The van der Waals surface area contributed by atoms with E-state index in [0.29, 0.717) is 5.56 Å². The molecule has 3 rings (SSSR count). The molecule has 0 aromatic heterocycles. The zero-order valence-electron chi connectivity index (χ0n) is 13.2. The Bertz CT molecular complexity index is 688. The zero-order valence-corrected chi connectivity index (χ0v) is 14.0. The van der Waals surface area contributed by atoms with E-state index >= 15 is 0 Å². The number of methoxy groups -OCH3 is 1. The van der Waals surface area contributed by atoms with E-state index < -0.39 is 16.8 Å². The summed E-state index contributed by atoms with van der Waals surface area (Å²) < 4.78 is 4.08. The number of carbonyl (C=O) groups is 3. The van der Waals surface area contributed by atoms with E-state index in [-0.39, 0.29) is 23.7 Å². The van der Waals surface area contributed by atoms with Crippen molar-refractivity contribution in [2.24, 2.45) is 0 Å². The number of nitrogens with one attached hydrogen (secondary N) is 1. The van der Waals surface area contributed by atoms with Crippen molar-refractivity contribution in [2.45, 2.75) is 30.0 Å². The summed E-state index contributed by atoms with van der Waals surface area (Å²) in [6, 6.07) is 6.79. The number of nitrogens with zero attached hydrogens (tertiary/aromatic N) is 1. The number of benzene rings is 1. The fourth-order valence-electron chi connectivity index (χ4n) is 3.13. The van der Waals surface area contributed by atoms with Gasteiger partial charge < -0.3 is 15.0 Å². The number of hydrogen-bond acceptors (Lipinski definition) is 5. The van der Waals surface area contributed by atoms with Gasteiger partial charge >= 0.3 is 5.97 Å². The molecule has 0 radical (unpaired) electrons. The standard InChI is InChI=1S/C16H18N2O4S/c1-16(2)12(13(20)17-8-11(19)22-3)18-14(21)9-6-4-5-7-10(9)15(18)23-16/h4-7,12,15H,8H2,1-3H3,(H,17,20). The second-order valence-corrected chi connectivity index (χ2v) is 7.80. The number of thioether (sulfide) groups is 1. The van der Waals surface area contributed by atoms with Crippen LogP contribution in [0.5, 0.6) is 0 Å². The molecule has 1 aromatic carbocycles. The van der Waals surface area contributed by atoms with E-state index in [1.165, 1.54) is 7.11 Å². The van der Waals surface area contributed by atoms with Gasteiger partial charge in [0.05, 0.1) is 7.11 Å². The van der Waals surface area contributed by atoms with Gasteiger partial charge in [-0.1, -0.05) is 18.2 Å². The number of amides is 2. The lowest BCUT2D eigenvalue weighted by Crippen LogP contribution is -2.53. The van der Waals surface area contributed by atoms with Crippen LogP contribution in [0.3, 0.4) is 0 Å². The number of esters is 1. The quantitative estimate of drug-likeness (QED) is 0.844. The number of carbonyl (C=O) groups excluding carboxylic acids is 3. The van der Waals surface area contributed by atoms with E-state index in [9.17, 15) is 14.4 Å². The molecule has 2 aliphatic heterocycles. The highest BCUT2D eigenvalue weighted by molar-refractivity contribution is 8.01. The van der Waals surface area contributed by atoms with Crippen molar-refractivity contribution in [3.63, 3.8) is 0 Å². The van der Waals surface area contributed by atoms with Crippen molar-refractivity contribution in [1.82, 2.24) is 10.2 Å². The van der Waals surface area contributed by atoms with Gasteiger partial charge in [-0.25, -0.2) is 0 Å². The largest absolute Gasteiger partial charge is 0.468 e. The molecule has 122 valence electrons. The minimum Gasteiger partial charge on any atom is -0.468 e. The van der Waals surface area contributed by atoms with E-state index in [1.807, 2.05) is 32.0 Å². The van der Waals surface area contributed by atoms with E-state index in [4.69, 9.17) is 0 Å². The second kappa shape index (κ2) is 5.56. The summed E-state index contributed by atoms with van der Waals surface area (Å²) in [4.78, 5) is 38.2. The van der Waals surface area contributed by atoms with Crippen LogP contribution in [0.2, 0.25) is 0 Å². The first-order valence-electron chi connectivity index (χ1n) is 7.31. The SMILES string of the molecule is COC(=O)CNC(=O)C1N2C(=O)c3ccccc3C2SC1(C)C. The maximum Gasteiger partial charge on any atom is 0.325 e. The van der Waals surface area contributed by atoms with Crippen molar-refractivity contribution in [2.75, 3.05) is 13.7 Å². The molecule has 1 fully saturated rings. The highest BCUT2D eigenvalue weighted by Gasteiger charge is 2.57. The molecule has 0 bridgehead atoms. The Morgan fingerprint density at radius 3 is 2.74 bits per heavy atom. The molecule has 2 amide bonds. The third kappa shape index (κ3) is 2.49. The number of hydrogen-bond donors (Lipinski definition) is 1. The first kappa shape index (κ1) is 15.9. The van der Waals surface area contributed by atoms with Crippen LogP contribution in [0, 0.1) is 0 Å². The van der Waals surface area contributed by atoms with Gasteiger partial charge in [-0.3, -0.25) is 14.4 Å². The van der Waals surface area contributed by atoms with Crippen LogP contribution in [0.4, 0.5) is 0 Å². The number of rotatable bonds is 3. The molecule has 6 nitrogen and oxygen atoms in total. The summed E-state index contributed by atoms with van der Waals surface area (Å²) in [5.74, 6) is -0.993. The Balaban J connectivity index is 1.88. The van der Waals surface area contributed by atoms with Crippen LogP contribution >= 0.6 is 11.8 Å². The summed E-state index contributed by atoms with van der Waals surface area (Å²) in [5.41, 5.74) is 1.59. The average molecular weight is 334 g/mol. The third-order valence-corrected chi connectivity index (χ3v) is 5.71. The predicted molar refractivity (Wildman–Crippen MR) is 85.8 cm³/mol. The van der Waals surface area contributed by atoms with Gasteiger partial charge in [0.2, 0.25) is 5.91 Å². The third-order valence-electron chi connectivity index (χ3n) is 4.18. The lowest BCUT2D eigenvalue weighted by molar-refractivity contribution is -0.141. The molecular formula is C16H18N2O4S. The van der Waals surface area contributed by atoms with Gasteiger partial charge in [0.25, 0.3) is 5.91 Å². The Kier molecular flexibility index (Phi) is 3.83.